The number of nitrogens with one attached hydrogen (secondary N) is 1. The third kappa shape index (κ3) is 6.28. The molecule has 4 atom stereocenters. The molecule has 39 heavy (non-hydrogen) atoms. The van der Waals surface area contributed by atoms with Crippen LogP contribution in [0.4, 0.5) is 5.82 Å². The van der Waals surface area contributed by atoms with E-state index in [2.05, 4.69) is 20.3 Å². The van der Waals surface area contributed by atoms with Gasteiger partial charge in [0.1, 0.15) is 24.7 Å². The minimum absolute atomic E-state index is 0.0702. The number of fused-ring (bicyclic) bond motifs is 2. The van der Waals surface area contributed by atoms with Crippen molar-refractivity contribution >= 4 is 36.2 Å². The summed E-state index contributed by atoms with van der Waals surface area (Å²) < 4.78 is 49.8. The summed E-state index contributed by atoms with van der Waals surface area (Å²) in [6.07, 6.45) is -0.659. The van der Waals surface area contributed by atoms with Crippen LogP contribution in [0.15, 0.2) is 36.7 Å². The Hall–Kier alpha value is -2.15. The molecule has 5 rings (SSSR count). The molecule has 4 heterocycles. The zero-order valence-corrected chi connectivity index (χ0v) is 23.9. The van der Waals surface area contributed by atoms with Gasteiger partial charge in [-0.15, -0.1) is 0 Å². The summed E-state index contributed by atoms with van der Waals surface area (Å²) >= 11 is 6.32. The fourth-order valence-corrected chi connectivity index (χ4v) is 6.29. The van der Waals surface area contributed by atoms with Gasteiger partial charge in [0.25, 0.3) is 0 Å². The van der Waals surface area contributed by atoms with Gasteiger partial charge in [0.05, 0.1) is 26.1 Å². The lowest BCUT2D eigenvalue weighted by Gasteiger charge is -2.25. The summed E-state index contributed by atoms with van der Waals surface area (Å²) in [7, 11) is -3.37. The summed E-state index contributed by atoms with van der Waals surface area (Å²) in [6, 6.07) is 9.94. The number of nitrogens with zero attached hydrogens (tertiary/aromatic N) is 4. The zero-order valence-electron chi connectivity index (χ0n) is 22.3. The third-order valence-corrected chi connectivity index (χ3v) is 8.25. The van der Waals surface area contributed by atoms with Crippen LogP contribution in [0.25, 0.3) is 11.2 Å². The van der Waals surface area contributed by atoms with E-state index in [-0.39, 0.29) is 31.5 Å². The lowest BCUT2D eigenvalue weighted by atomic mass is 10.1. The van der Waals surface area contributed by atoms with Crippen LogP contribution in [0.1, 0.15) is 39.5 Å². The van der Waals surface area contributed by atoms with E-state index >= 15 is 0 Å². The molecule has 2 fully saturated rings. The molecule has 2 saturated heterocycles. The largest absolute Gasteiger partial charge is 0.366 e. The van der Waals surface area contributed by atoms with Crippen molar-refractivity contribution in [3.63, 3.8) is 0 Å². The molecule has 2 aromatic heterocycles. The first kappa shape index (κ1) is 28.4. The highest BCUT2D eigenvalue weighted by molar-refractivity contribution is 7.53. The highest BCUT2D eigenvalue weighted by Crippen LogP contribution is 2.49. The molecule has 212 valence electrons. The molecule has 1 N–H and O–H groups in total. The molecule has 0 unspecified atom stereocenters. The number of aromatic nitrogens is 4. The van der Waals surface area contributed by atoms with Crippen molar-refractivity contribution < 1.29 is 32.6 Å². The maximum Gasteiger partial charge on any atom is 0.356 e. The Balaban J connectivity index is 1.36. The lowest BCUT2D eigenvalue weighted by Crippen LogP contribution is -2.33. The van der Waals surface area contributed by atoms with Crippen LogP contribution in [0.3, 0.4) is 0 Å². The summed E-state index contributed by atoms with van der Waals surface area (Å²) in [4.78, 5) is 13.4. The van der Waals surface area contributed by atoms with Gasteiger partial charge in [-0.1, -0.05) is 30.3 Å². The van der Waals surface area contributed by atoms with E-state index in [4.69, 9.17) is 39.6 Å². The van der Waals surface area contributed by atoms with Crippen LogP contribution in [0.5, 0.6) is 0 Å². The molecular weight excluding hydrogens is 549 g/mol. The molecule has 0 amide bonds. The van der Waals surface area contributed by atoms with E-state index in [0.29, 0.717) is 23.5 Å². The zero-order chi connectivity index (χ0) is 27.6. The molecule has 2 aliphatic rings. The Morgan fingerprint density at radius 1 is 1.10 bits per heavy atom. The lowest BCUT2D eigenvalue weighted by molar-refractivity contribution is -0.201. The molecule has 14 heteroatoms. The van der Waals surface area contributed by atoms with Crippen LogP contribution in [0, 0.1) is 0 Å². The molecule has 3 aromatic rings. The first-order chi connectivity index (χ1) is 18.7. The molecular formula is C25H33ClN5O7P. The Bertz CT molecular complexity index is 1320. The predicted octanol–water partition coefficient (Wildman–Crippen LogP) is 4.75. The summed E-state index contributed by atoms with van der Waals surface area (Å²) in [5, 5.41) is 3.37. The van der Waals surface area contributed by atoms with Gasteiger partial charge in [-0.25, -0.2) is 4.98 Å². The monoisotopic (exact) mass is 581 g/mol. The van der Waals surface area contributed by atoms with E-state index in [1.807, 2.05) is 44.2 Å². The summed E-state index contributed by atoms with van der Waals surface area (Å²) in [6.45, 7) is 8.32. The van der Waals surface area contributed by atoms with E-state index < -0.39 is 37.9 Å². The highest BCUT2D eigenvalue weighted by atomic mass is 35.5. The Kier molecular flexibility index (Phi) is 8.56. The van der Waals surface area contributed by atoms with Gasteiger partial charge in [0, 0.05) is 6.54 Å². The van der Waals surface area contributed by atoms with Gasteiger partial charge in [-0.05, 0) is 44.9 Å². The number of imidazole rings is 1. The second-order valence-corrected chi connectivity index (χ2v) is 11.9. The molecule has 0 bridgehead atoms. The van der Waals surface area contributed by atoms with Crippen LogP contribution < -0.4 is 5.32 Å². The summed E-state index contributed by atoms with van der Waals surface area (Å²) in [5.74, 6) is -0.332. The SMILES string of the molecule is CCOP(=O)(COC[C@H]1O[C@@H](n2cnc3c(NCc4ccccc4)nc(Cl)nc32)[C@@H]2OC(C)(C)O[C@@H]21)OCC. The van der Waals surface area contributed by atoms with Crippen LogP contribution in [0.2, 0.25) is 5.28 Å². The van der Waals surface area contributed by atoms with Gasteiger partial charge in [-0.2, -0.15) is 9.97 Å². The fourth-order valence-electron chi connectivity index (χ4n) is 4.78. The minimum Gasteiger partial charge on any atom is -0.366 e. The average Bonchev–Trinajstić information content (AvgIpc) is 3.54. The maximum absolute atomic E-state index is 12.8. The number of ether oxygens (including phenoxy) is 4. The number of hydrogen-bond acceptors (Lipinski definition) is 11. The van der Waals surface area contributed by atoms with Gasteiger partial charge in [0.15, 0.2) is 29.0 Å². The van der Waals surface area contributed by atoms with Gasteiger partial charge < -0.3 is 33.3 Å². The molecule has 0 spiro atoms. The molecule has 12 nitrogen and oxygen atoms in total. The van der Waals surface area contributed by atoms with Gasteiger partial charge in [-0.3, -0.25) is 9.13 Å². The molecule has 0 aliphatic carbocycles. The van der Waals surface area contributed by atoms with Crippen LogP contribution >= 0.6 is 19.2 Å². The van der Waals surface area contributed by atoms with Crippen LogP contribution in [-0.4, -0.2) is 69.8 Å². The second-order valence-electron chi connectivity index (χ2n) is 9.58. The van der Waals surface area contributed by atoms with E-state index in [1.165, 1.54) is 0 Å². The average molecular weight is 582 g/mol. The van der Waals surface area contributed by atoms with Crippen molar-refractivity contribution in [3.8, 4) is 0 Å². The number of hydrogen-bond donors (Lipinski definition) is 1. The van der Waals surface area contributed by atoms with Crippen LogP contribution in [-0.2, 0) is 39.1 Å². The van der Waals surface area contributed by atoms with Gasteiger partial charge in [0.2, 0.25) is 5.28 Å². The van der Waals surface area contributed by atoms with E-state index in [9.17, 15) is 4.57 Å². The Morgan fingerprint density at radius 3 is 2.54 bits per heavy atom. The predicted molar refractivity (Wildman–Crippen MR) is 144 cm³/mol. The van der Waals surface area contributed by atoms with E-state index in [0.717, 1.165) is 5.56 Å². The quantitative estimate of drug-likeness (QED) is 0.235. The maximum atomic E-state index is 12.8. The van der Waals surface area contributed by atoms with Crippen molar-refractivity contribution in [2.24, 2.45) is 0 Å². The van der Waals surface area contributed by atoms with Crippen molar-refractivity contribution in [2.45, 2.75) is 64.6 Å². The van der Waals surface area contributed by atoms with Crippen molar-refractivity contribution in [1.82, 2.24) is 19.5 Å². The molecule has 2 aliphatic heterocycles. The van der Waals surface area contributed by atoms with Crippen molar-refractivity contribution in [1.29, 1.82) is 0 Å². The van der Waals surface area contributed by atoms with Crippen molar-refractivity contribution in [3.05, 3.63) is 47.5 Å². The highest BCUT2D eigenvalue weighted by Gasteiger charge is 2.56. The topological polar surface area (TPSA) is 128 Å². The smallest absolute Gasteiger partial charge is 0.356 e. The molecule has 0 radical (unpaired) electrons. The van der Waals surface area contributed by atoms with Gasteiger partial charge >= 0.3 is 7.60 Å². The number of anilines is 1. The molecule has 0 saturated carbocycles. The Labute approximate surface area is 231 Å². The van der Waals surface area contributed by atoms with E-state index in [1.54, 1.807) is 24.7 Å². The first-order valence-electron chi connectivity index (χ1n) is 12.9. The number of halogens is 1. The fraction of sp³-hybridized carbons (Fsp3) is 0.560. The number of rotatable bonds is 12. The second kappa shape index (κ2) is 11.8. The van der Waals surface area contributed by atoms with Crippen molar-refractivity contribution in [2.75, 3.05) is 31.5 Å². The minimum atomic E-state index is -3.37. The standard InChI is InChI=1S/C25H33ClN5O7P/c1-5-34-39(32,35-6-2)15-33-13-17-19-20(38-25(3,4)37-19)23(36-17)31-14-28-18-21(29-24(26)30-22(18)31)27-12-16-10-8-7-9-11-16/h7-11,14,17,19-20,23H,5-6,12-13,15H2,1-4H3,(H,27,29,30)/t17-,19-,20-,23-/m1/s1. The number of benzene rings is 1. The normalized spacial score (nSPS) is 24.3. The Morgan fingerprint density at radius 2 is 1.82 bits per heavy atom. The molecule has 1 aromatic carbocycles. The summed E-state index contributed by atoms with van der Waals surface area (Å²) in [5.41, 5.74) is 2.12. The third-order valence-electron chi connectivity index (χ3n) is 6.28. The first-order valence-corrected chi connectivity index (χ1v) is 15.0.